The molecular formula is C28H24FN3O3S. The fourth-order valence-corrected chi connectivity index (χ4v) is 4.41. The Morgan fingerprint density at radius 2 is 1.78 bits per heavy atom. The number of hydrogen-bond acceptors (Lipinski definition) is 5. The minimum absolute atomic E-state index is 0.0682. The van der Waals surface area contributed by atoms with Gasteiger partial charge in [0.05, 0.1) is 18.7 Å². The van der Waals surface area contributed by atoms with Crippen molar-refractivity contribution < 1.29 is 19.1 Å². The van der Waals surface area contributed by atoms with E-state index in [0.29, 0.717) is 28.5 Å². The molecule has 182 valence electrons. The van der Waals surface area contributed by atoms with Crippen LogP contribution in [0.3, 0.4) is 0 Å². The smallest absolute Gasteiger partial charge is 0.305 e. The fraction of sp³-hybridized carbons (Fsp3) is 0.107. The van der Waals surface area contributed by atoms with Gasteiger partial charge in [-0.05, 0) is 47.5 Å². The van der Waals surface area contributed by atoms with Crippen LogP contribution in [0.15, 0.2) is 84.8 Å². The molecule has 2 N–H and O–H groups in total. The zero-order valence-corrected chi connectivity index (χ0v) is 20.2. The molecule has 0 aliphatic carbocycles. The molecular weight excluding hydrogens is 477 g/mol. The SMILES string of the molecule is C=Cc1ccc(N(Cc2ccc(C(=O)NCCC(=O)O)cc2)c2nc(-c3ccccc3F)cs2)cc1. The minimum Gasteiger partial charge on any atom is -0.481 e. The van der Waals surface area contributed by atoms with Crippen LogP contribution < -0.4 is 10.2 Å². The van der Waals surface area contributed by atoms with Crippen LogP contribution in [0, 0.1) is 5.82 Å². The summed E-state index contributed by atoms with van der Waals surface area (Å²) in [6.07, 6.45) is 1.64. The number of halogens is 1. The van der Waals surface area contributed by atoms with Crippen LogP contribution in [0.25, 0.3) is 17.3 Å². The molecule has 4 aromatic rings. The molecule has 1 heterocycles. The second-order valence-corrected chi connectivity index (χ2v) is 8.81. The normalized spacial score (nSPS) is 10.6. The van der Waals surface area contributed by atoms with E-state index < -0.39 is 5.97 Å². The number of thiazole rings is 1. The van der Waals surface area contributed by atoms with Gasteiger partial charge in [0.25, 0.3) is 5.91 Å². The molecule has 0 bridgehead atoms. The first-order valence-electron chi connectivity index (χ1n) is 11.2. The van der Waals surface area contributed by atoms with Gasteiger partial charge >= 0.3 is 5.97 Å². The molecule has 1 aromatic heterocycles. The Morgan fingerprint density at radius 1 is 1.06 bits per heavy atom. The van der Waals surface area contributed by atoms with Crippen LogP contribution in [0.4, 0.5) is 15.2 Å². The maximum Gasteiger partial charge on any atom is 0.305 e. The molecule has 0 aliphatic rings. The topological polar surface area (TPSA) is 82.5 Å². The van der Waals surface area contributed by atoms with Gasteiger partial charge in [0.1, 0.15) is 5.82 Å². The van der Waals surface area contributed by atoms with Crippen LogP contribution in [-0.4, -0.2) is 28.5 Å². The van der Waals surface area contributed by atoms with Crippen molar-refractivity contribution in [3.05, 3.63) is 107 Å². The van der Waals surface area contributed by atoms with Gasteiger partial charge < -0.3 is 15.3 Å². The summed E-state index contributed by atoms with van der Waals surface area (Å²) in [6.45, 7) is 4.34. The third-order valence-electron chi connectivity index (χ3n) is 5.49. The van der Waals surface area contributed by atoms with E-state index in [0.717, 1.165) is 16.8 Å². The monoisotopic (exact) mass is 501 g/mol. The Morgan fingerprint density at radius 3 is 2.44 bits per heavy atom. The van der Waals surface area contributed by atoms with Gasteiger partial charge in [-0.15, -0.1) is 11.3 Å². The number of benzene rings is 3. The Balaban J connectivity index is 1.58. The zero-order chi connectivity index (χ0) is 25.5. The van der Waals surface area contributed by atoms with Crippen molar-refractivity contribution in [1.82, 2.24) is 10.3 Å². The van der Waals surface area contributed by atoms with Crippen molar-refractivity contribution in [1.29, 1.82) is 0 Å². The Kier molecular flexibility index (Phi) is 7.87. The van der Waals surface area contributed by atoms with Gasteiger partial charge in [0.2, 0.25) is 0 Å². The number of aliphatic carboxylic acids is 1. The highest BCUT2D eigenvalue weighted by atomic mass is 32.1. The van der Waals surface area contributed by atoms with Crippen LogP contribution in [0.1, 0.15) is 27.9 Å². The van der Waals surface area contributed by atoms with Gasteiger partial charge in [-0.1, -0.05) is 49.1 Å². The van der Waals surface area contributed by atoms with Crippen molar-refractivity contribution in [3.8, 4) is 11.3 Å². The third-order valence-corrected chi connectivity index (χ3v) is 6.36. The van der Waals surface area contributed by atoms with E-state index in [2.05, 4.69) is 11.9 Å². The summed E-state index contributed by atoms with van der Waals surface area (Å²) in [4.78, 5) is 29.7. The lowest BCUT2D eigenvalue weighted by Crippen LogP contribution is -2.26. The summed E-state index contributed by atoms with van der Waals surface area (Å²) in [7, 11) is 0. The molecule has 0 unspecified atom stereocenters. The van der Waals surface area contributed by atoms with E-state index in [1.165, 1.54) is 17.4 Å². The summed E-state index contributed by atoms with van der Waals surface area (Å²) >= 11 is 1.42. The molecule has 0 spiro atoms. The van der Waals surface area contributed by atoms with Crippen LogP contribution in [-0.2, 0) is 11.3 Å². The molecule has 1 amide bonds. The third kappa shape index (κ3) is 6.03. The first-order chi connectivity index (χ1) is 17.4. The van der Waals surface area contributed by atoms with Crippen LogP contribution >= 0.6 is 11.3 Å². The van der Waals surface area contributed by atoms with Crippen molar-refractivity contribution in [3.63, 3.8) is 0 Å². The number of carboxylic acids is 1. The highest BCUT2D eigenvalue weighted by molar-refractivity contribution is 7.14. The van der Waals surface area contributed by atoms with Crippen molar-refractivity contribution in [2.75, 3.05) is 11.4 Å². The Hall–Kier alpha value is -4.30. The number of nitrogens with one attached hydrogen (secondary N) is 1. The minimum atomic E-state index is -0.966. The molecule has 3 aromatic carbocycles. The summed E-state index contributed by atoms with van der Waals surface area (Å²) in [6, 6.07) is 21.5. The number of carbonyl (C=O) groups excluding carboxylic acids is 1. The molecule has 0 saturated heterocycles. The Bertz CT molecular complexity index is 1370. The van der Waals surface area contributed by atoms with Crippen LogP contribution in [0.2, 0.25) is 0 Å². The summed E-state index contributed by atoms with van der Waals surface area (Å²) in [5.41, 5.74) is 4.29. The largest absolute Gasteiger partial charge is 0.481 e. The summed E-state index contributed by atoms with van der Waals surface area (Å²) < 4.78 is 14.3. The average molecular weight is 502 g/mol. The molecule has 0 fully saturated rings. The lowest BCUT2D eigenvalue weighted by Gasteiger charge is -2.22. The van der Waals surface area contributed by atoms with Gasteiger partial charge in [-0.2, -0.15) is 0 Å². The first-order valence-corrected chi connectivity index (χ1v) is 12.1. The predicted molar refractivity (Wildman–Crippen MR) is 141 cm³/mol. The molecule has 0 saturated carbocycles. The number of rotatable bonds is 10. The number of carboxylic acid groups (broad SMARTS) is 1. The van der Waals surface area contributed by atoms with E-state index in [9.17, 15) is 14.0 Å². The van der Waals surface area contributed by atoms with E-state index in [-0.39, 0.29) is 24.7 Å². The fourth-order valence-electron chi connectivity index (χ4n) is 3.57. The van der Waals surface area contributed by atoms with E-state index >= 15 is 0 Å². The van der Waals surface area contributed by atoms with E-state index in [1.54, 1.807) is 36.4 Å². The highest BCUT2D eigenvalue weighted by Gasteiger charge is 2.17. The van der Waals surface area contributed by atoms with Crippen molar-refractivity contribution >= 4 is 40.1 Å². The van der Waals surface area contributed by atoms with Gasteiger partial charge in [0.15, 0.2) is 5.13 Å². The molecule has 4 rings (SSSR count). The summed E-state index contributed by atoms with van der Waals surface area (Å²) in [5, 5.41) is 13.9. The Labute approximate surface area is 212 Å². The lowest BCUT2D eigenvalue weighted by molar-refractivity contribution is -0.136. The number of aromatic nitrogens is 1. The second-order valence-electron chi connectivity index (χ2n) is 7.97. The molecule has 6 nitrogen and oxygen atoms in total. The standard InChI is InChI=1S/C28H24FN3O3S/c1-2-19-9-13-22(14-10-19)32(28-31-25(18-36-28)23-5-3-4-6-24(23)29)17-20-7-11-21(12-8-20)27(35)30-16-15-26(33)34/h2-14,18H,1,15-17H2,(H,30,35)(H,33,34). The molecule has 0 atom stereocenters. The van der Waals surface area contributed by atoms with Crippen molar-refractivity contribution in [2.45, 2.75) is 13.0 Å². The number of hydrogen-bond donors (Lipinski definition) is 2. The van der Waals surface area contributed by atoms with Gasteiger partial charge in [-0.3, -0.25) is 9.59 Å². The number of nitrogens with zero attached hydrogens (tertiary/aromatic N) is 2. The van der Waals surface area contributed by atoms with Gasteiger partial charge in [-0.25, -0.2) is 9.37 Å². The molecule has 8 heteroatoms. The van der Waals surface area contributed by atoms with Gasteiger partial charge in [0, 0.05) is 28.7 Å². The maximum absolute atomic E-state index is 14.3. The first kappa shape index (κ1) is 24.8. The molecule has 36 heavy (non-hydrogen) atoms. The lowest BCUT2D eigenvalue weighted by atomic mass is 10.1. The van der Waals surface area contributed by atoms with Crippen molar-refractivity contribution in [2.24, 2.45) is 0 Å². The summed E-state index contributed by atoms with van der Waals surface area (Å²) in [5.74, 6) is -1.62. The molecule has 0 aliphatic heterocycles. The van der Waals surface area contributed by atoms with Crippen LogP contribution in [0.5, 0.6) is 0 Å². The number of carbonyl (C=O) groups is 2. The number of amides is 1. The highest BCUT2D eigenvalue weighted by Crippen LogP contribution is 2.34. The zero-order valence-electron chi connectivity index (χ0n) is 19.4. The number of anilines is 2. The predicted octanol–water partition coefficient (Wildman–Crippen LogP) is 6.14. The van der Waals surface area contributed by atoms with E-state index in [4.69, 9.17) is 10.1 Å². The quantitative estimate of drug-likeness (QED) is 0.273. The van der Waals surface area contributed by atoms with E-state index in [1.807, 2.05) is 46.7 Å². The molecule has 0 radical (unpaired) electrons. The maximum atomic E-state index is 14.3. The average Bonchev–Trinajstić information content (AvgIpc) is 3.37. The second kappa shape index (κ2) is 11.4.